The van der Waals surface area contributed by atoms with Crippen molar-refractivity contribution < 1.29 is 14.3 Å². The van der Waals surface area contributed by atoms with Crippen molar-refractivity contribution in [3.05, 3.63) is 11.8 Å². The maximum atomic E-state index is 10.7. The van der Waals surface area contributed by atoms with Crippen LogP contribution in [0.4, 0.5) is 0 Å². The van der Waals surface area contributed by atoms with E-state index in [1.165, 1.54) is 13.3 Å². The Morgan fingerprint density at radius 1 is 1.45 bits per heavy atom. The summed E-state index contributed by atoms with van der Waals surface area (Å²) in [6.07, 6.45) is 1.87. The molecule has 11 heavy (non-hydrogen) atoms. The van der Waals surface area contributed by atoms with Gasteiger partial charge in [0, 0.05) is 20.3 Å². The lowest BCUT2D eigenvalue weighted by Crippen LogP contribution is -2.11. The van der Waals surface area contributed by atoms with Crippen LogP contribution in [0.5, 0.6) is 0 Å². The van der Waals surface area contributed by atoms with Crippen molar-refractivity contribution >= 4 is 12.3 Å². The van der Waals surface area contributed by atoms with E-state index in [0.717, 1.165) is 0 Å². The quantitative estimate of drug-likeness (QED) is 0.187. The van der Waals surface area contributed by atoms with Crippen molar-refractivity contribution in [2.45, 2.75) is 0 Å². The maximum absolute atomic E-state index is 10.7. The van der Waals surface area contributed by atoms with Crippen LogP contribution in [-0.4, -0.2) is 38.4 Å². The molecule has 4 heteroatoms. The number of aldehydes is 1. The van der Waals surface area contributed by atoms with E-state index < -0.39 is 5.97 Å². The van der Waals surface area contributed by atoms with Gasteiger partial charge in [-0.25, -0.2) is 4.79 Å². The van der Waals surface area contributed by atoms with E-state index in [2.05, 4.69) is 4.74 Å². The van der Waals surface area contributed by atoms with Crippen LogP contribution in [0.2, 0.25) is 0 Å². The van der Waals surface area contributed by atoms with Gasteiger partial charge in [-0.3, -0.25) is 4.79 Å². The highest BCUT2D eigenvalue weighted by Crippen LogP contribution is 1.93. The van der Waals surface area contributed by atoms with Gasteiger partial charge in [-0.1, -0.05) is 0 Å². The molecule has 0 saturated heterocycles. The molecule has 0 spiro atoms. The molecule has 0 aliphatic heterocycles. The van der Waals surface area contributed by atoms with E-state index >= 15 is 0 Å². The summed E-state index contributed by atoms with van der Waals surface area (Å²) in [5.41, 5.74) is 0.0116. The van der Waals surface area contributed by atoms with E-state index in [4.69, 9.17) is 0 Å². The fraction of sp³-hybridized carbons (Fsp3) is 0.429. The van der Waals surface area contributed by atoms with Crippen LogP contribution >= 0.6 is 0 Å². The van der Waals surface area contributed by atoms with Gasteiger partial charge >= 0.3 is 5.97 Å². The lowest BCUT2D eigenvalue weighted by molar-refractivity contribution is -0.136. The Hall–Kier alpha value is -1.32. The van der Waals surface area contributed by atoms with Gasteiger partial charge in [0.15, 0.2) is 6.29 Å². The van der Waals surface area contributed by atoms with Crippen LogP contribution in [0.3, 0.4) is 0 Å². The van der Waals surface area contributed by atoms with Gasteiger partial charge in [0.05, 0.1) is 7.11 Å². The molecular weight excluding hydrogens is 146 g/mol. The average molecular weight is 157 g/mol. The Morgan fingerprint density at radius 3 is 2.27 bits per heavy atom. The summed E-state index contributed by atoms with van der Waals surface area (Å²) in [5, 5.41) is 0. The Morgan fingerprint density at radius 2 is 2.00 bits per heavy atom. The van der Waals surface area contributed by atoms with Gasteiger partial charge in [-0.05, 0) is 0 Å². The van der Waals surface area contributed by atoms with Crippen molar-refractivity contribution in [1.29, 1.82) is 0 Å². The highest BCUT2D eigenvalue weighted by molar-refractivity contribution is 6.07. The molecule has 0 amide bonds. The Kier molecular flexibility index (Phi) is 3.95. The molecule has 0 aliphatic rings. The zero-order valence-corrected chi connectivity index (χ0v) is 6.83. The van der Waals surface area contributed by atoms with E-state index in [9.17, 15) is 9.59 Å². The largest absolute Gasteiger partial charge is 0.465 e. The summed E-state index contributed by atoms with van der Waals surface area (Å²) in [5.74, 6) is -0.617. The predicted molar refractivity (Wildman–Crippen MR) is 39.9 cm³/mol. The summed E-state index contributed by atoms with van der Waals surface area (Å²) in [4.78, 5) is 22.6. The van der Waals surface area contributed by atoms with Gasteiger partial charge < -0.3 is 9.64 Å². The second-order valence-corrected chi connectivity index (χ2v) is 2.16. The van der Waals surface area contributed by atoms with Gasteiger partial charge in [-0.15, -0.1) is 0 Å². The van der Waals surface area contributed by atoms with Crippen LogP contribution in [0.25, 0.3) is 0 Å². The minimum absolute atomic E-state index is 0.0116. The fourth-order valence-corrected chi connectivity index (χ4v) is 0.527. The van der Waals surface area contributed by atoms with Crippen molar-refractivity contribution in [2.24, 2.45) is 0 Å². The number of carbonyl (C=O) groups is 2. The molecule has 0 aromatic carbocycles. The van der Waals surface area contributed by atoms with Crippen LogP contribution in [0.1, 0.15) is 0 Å². The number of hydrogen-bond donors (Lipinski definition) is 0. The highest BCUT2D eigenvalue weighted by Gasteiger charge is 2.07. The minimum atomic E-state index is -0.617. The molecule has 0 heterocycles. The van der Waals surface area contributed by atoms with Crippen molar-refractivity contribution in [1.82, 2.24) is 4.90 Å². The molecular formula is C7H11NO3. The third kappa shape index (κ3) is 3.40. The van der Waals surface area contributed by atoms with Gasteiger partial charge in [0.2, 0.25) is 0 Å². The zero-order chi connectivity index (χ0) is 8.85. The van der Waals surface area contributed by atoms with Crippen LogP contribution in [-0.2, 0) is 14.3 Å². The van der Waals surface area contributed by atoms with E-state index in [1.54, 1.807) is 19.0 Å². The number of rotatable bonds is 3. The predicted octanol–water partition coefficient (Wildman–Crippen LogP) is -0.196. The minimum Gasteiger partial charge on any atom is -0.465 e. The number of hydrogen-bond acceptors (Lipinski definition) is 4. The smallest absolute Gasteiger partial charge is 0.342 e. The number of carbonyl (C=O) groups excluding carboxylic acids is 2. The summed E-state index contributed by atoms with van der Waals surface area (Å²) >= 11 is 0. The van der Waals surface area contributed by atoms with E-state index in [0.29, 0.717) is 6.29 Å². The Labute approximate surface area is 65.4 Å². The van der Waals surface area contributed by atoms with E-state index in [-0.39, 0.29) is 5.57 Å². The van der Waals surface area contributed by atoms with Crippen molar-refractivity contribution in [3.8, 4) is 0 Å². The van der Waals surface area contributed by atoms with Gasteiger partial charge in [0.1, 0.15) is 5.57 Å². The van der Waals surface area contributed by atoms with Crippen LogP contribution in [0, 0.1) is 0 Å². The number of methoxy groups -OCH3 is 1. The molecule has 0 saturated carbocycles. The molecule has 0 atom stereocenters. The first-order valence-corrected chi connectivity index (χ1v) is 3.03. The SMILES string of the molecule is COC(=O)/C(C=O)=C\N(C)C. The number of esters is 1. The molecule has 0 bridgehead atoms. The molecule has 62 valence electrons. The lowest BCUT2D eigenvalue weighted by Gasteiger charge is -2.05. The molecule has 0 unspecified atom stereocenters. The molecule has 4 nitrogen and oxygen atoms in total. The second-order valence-electron chi connectivity index (χ2n) is 2.16. The van der Waals surface area contributed by atoms with Crippen LogP contribution < -0.4 is 0 Å². The standard InChI is InChI=1S/C7H11NO3/c1-8(2)4-6(5-9)7(10)11-3/h4-5H,1-3H3/b6-4-. The first-order chi connectivity index (χ1) is 5.11. The fourth-order valence-electron chi connectivity index (χ4n) is 0.527. The summed E-state index contributed by atoms with van der Waals surface area (Å²) in [7, 11) is 4.66. The monoisotopic (exact) mass is 157 g/mol. The second kappa shape index (κ2) is 4.49. The van der Waals surface area contributed by atoms with Crippen LogP contribution in [0.15, 0.2) is 11.8 Å². The summed E-state index contributed by atoms with van der Waals surface area (Å²) in [6.45, 7) is 0. The maximum Gasteiger partial charge on any atom is 0.342 e. The number of ether oxygens (including phenoxy) is 1. The molecule has 0 fully saturated rings. The third-order valence-corrected chi connectivity index (χ3v) is 0.945. The lowest BCUT2D eigenvalue weighted by atomic mass is 10.3. The summed E-state index contributed by atoms with van der Waals surface area (Å²) in [6, 6.07) is 0. The molecule has 0 N–H and O–H groups in total. The van der Waals surface area contributed by atoms with Crippen molar-refractivity contribution in [2.75, 3.05) is 21.2 Å². The Balaban J connectivity index is 4.39. The van der Waals surface area contributed by atoms with Gasteiger partial charge in [-0.2, -0.15) is 0 Å². The van der Waals surface area contributed by atoms with Gasteiger partial charge in [0.25, 0.3) is 0 Å². The number of nitrogens with zero attached hydrogens (tertiary/aromatic N) is 1. The molecule has 0 radical (unpaired) electrons. The topological polar surface area (TPSA) is 46.6 Å². The molecule has 0 aromatic rings. The van der Waals surface area contributed by atoms with Crippen molar-refractivity contribution in [3.63, 3.8) is 0 Å². The first-order valence-electron chi connectivity index (χ1n) is 3.03. The Bertz CT molecular complexity index is 184. The van der Waals surface area contributed by atoms with E-state index in [1.807, 2.05) is 0 Å². The zero-order valence-electron chi connectivity index (χ0n) is 6.83. The molecule has 0 aliphatic carbocycles. The normalized spacial score (nSPS) is 10.6. The molecule has 0 aromatic heterocycles. The first kappa shape index (κ1) is 9.68. The highest BCUT2D eigenvalue weighted by atomic mass is 16.5. The average Bonchev–Trinajstić information content (AvgIpc) is 1.98. The third-order valence-electron chi connectivity index (χ3n) is 0.945. The summed E-state index contributed by atoms with van der Waals surface area (Å²) < 4.78 is 4.34. The molecule has 0 rings (SSSR count).